The summed E-state index contributed by atoms with van der Waals surface area (Å²) in [6.45, 7) is 0. The van der Waals surface area contributed by atoms with Crippen LogP contribution in [0.2, 0.25) is 0 Å². The number of pyridine rings is 3. The van der Waals surface area contributed by atoms with Crippen LogP contribution in [0.1, 0.15) is 0 Å². The molecule has 0 fully saturated rings. The first-order valence-corrected chi connectivity index (χ1v) is 27.6. The Morgan fingerprint density at radius 1 is 0.229 bits per heavy atom. The molecule has 0 radical (unpaired) electrons. The summed E-state index contributed by atoms with van der Waals surface area (Å²) in [5.41, 5.74) is 25.1. The number of hydrogen-bond donors (Lipinski definition) is 0. The molecule has 0 aliphatic heterocycles. The summed E-state index contributed by atoms with van der Waals surface area (Å²) in [7, 11) is 0. The second-order valence-electron chi connectivity index (χ2n) is 20.4. The van der Waals surface area contributed by atoms with Gasteiger partial charge in [0.2, 0.25) is 0 Å². The maximum atomic E-state index is 5.44. The fourth-order valence-corrected chi connectivity index (χ4v) is 11.3. The van der Waals surface area contributed by atoms with Crippen molar-refractivity contribution in [3.63, 3.8) is 0 Å². The summed E-state index contributed by atoms with van der Waals surface area (Å²) in [6, 6.07) is 111. The molecule has 14 rings (SSSR count). The van der Waals surface area contributed by atoms with E-state index in [1.54, 1.807) is 0 Å². The average Bonchev–Trinajstić information content (AvgIpc) is 3.66. The molecule has 390 valence electrons. The van der Waals surface area contributed by atoms with Crippen molar-refractivity contribution in [3.05, 3.63) is 322 Å². The molecule has 0 aliphatic rings. The molecule has 0 N–H and O–H groups in total. The molecule has 0 spiro atoms. The summed E-state index contributed by atoms with van der Waals surface area (Å²) >= 11 is 0. The number of hydrogen-bond acceptors (Lipinski definition) is 3. The van der Waals surface area contributed by atoms with Crippen molar-refractivity contribution in [1.82, 2.24) is 15.0 Å². The monoisotopic (exact) mass is 1230 g/mol. The average molecular weight is 1230 g/mol. The van der Waals surface area contributed by atoms with Gasteiger partial charge in [0.15, 0.2) is 0 Å². The molecule has 83 heavy (non-hydrogen) atoms. The van der Waals surface area contributed by atoms with E-state index in [0.717, 1.165) is 134 Å². The summed E-state index contributed by atoms with van der Waals surface area (Å²) in [6.07, 6.45) is 6.03. The Morgan fingerprint density at radius 2 is 0.627 bits per heavy atom. The molecule has 4 heteroatoms. The fourth-order valence-electron chi connectivity index (χ4n) is 11.3. The first-order chi connectivity index (χ1) is 40.6. The Bertz CT molecular complexity index is 4420. The molecule has 0 unspecified atom stereocenters. The van der Waals surface area contributed by atoms with Crippen LogP contribution >= 0.6 is 0 Å². The molecule has 0 saturated carbocycles. The van der Waals surface area contributed by atoms with Gasteiger partial charge >= 0.3 is 20.1 Å². The van der Waals surface area contributed by atoms with Crippen LogP contribution in [-0.4, -0.2) is 15.0 Å². The van der Waals surface area contributed by atoms with Gasteiger partial charge in [-0.1, -0.05) is 223 Å². The summed E-state index contributed by atoms with van der Waals surface area (Å²) in [5, 5.41) is 2.15. The molecule has 14 aromatic rings. The Hall–Kier alpha value is -10.2. The summed E-state index contributed by atoms with van der Waals surface area (Å²) in [5.74, 6) is 0. The third-order valence-corrected chi connectivity index (χ3v) is 15.4. The van der Waals surface area contributed by atoms with Gasteiger partial charge in [0.05, 0.1) is 0 Å². The molecule has 3 aromatic heterocycles. The smallest absolute Gasteiger partial charge is 0.304 e. The van der Waals surface area contributed by atoms with Gasteiger partial charge in [0.1, 0.15) is 0 Å². The third-order valence-electron chi connectivity index (χ3n) is 15.4. The van der Waals surface area contributed by atoms with E-state index in [4.69, 9.17) is 15.0 Å². The number of aromatic nitrogens is 3. The van der Waals surface area contributed by atoms with Crippen molar-refractivity contribution in [1.29, 1.82) is 0 Å². The molecule has 11 aromatic carbocycles. The topological polar surface area (TPSA) is 38.7 Å². The van der Waals surface area contributed by atoms with Crippen LogP contribution in [0, 0.1) is 18.2 Å². The molecule has 0 saturated heterocycles. The first-order valence-electron chi connectivity index (χ1n) is 27.6. The van der Waals surface area contributed by atoms with Crippen molar-refractivity contribution < 1.29 is 20.1 Å². The van der Waals surface area contributed by atoms with Crippen molar-refractivity contribution in [3.8, 4) is 134 Å². The van der Waals surface area contributed by atoms with Crippen molar-refractivity contribution in [2.24, 2.45) is 0 Å². The quantitative estimate of drug-likeness (QED) is 0.114. The maximum Gasteiger partial charge on any atom is 3.00 e. The van der Waals surface area contributed by atoms with E-state index in [2.05, 4.69) is 261 Å². The minimum atomic E-state index is 0. The molecule has 0 bridgehead atoms. The molecule has 3 nitrogen and oxygen atoms in total. The Balaban J connectivity index is 0.00000645. The number of rotatable bonds is 12. The maximum absolute atomic E-state index is 5.44. The SMILES string of the molecule is [Ir+3].[c-]1ccccc1-c1ccc(-c2ccccc2-c2cc(-c3ccccc3-c3ccc(-c4[c-]cccc4)nc3)cc(-c3ccccc3-c3cnc(-c4[c-]c(-c5ccccc5)cc(-c5ccc(-c6ccccc6)cc5)c4)c4ccccc34)c2)cn1. The molecule has 0 atom stereocenters. The zero-order valence-corrected chi connectivity index (χ0v) is 47.4. The minimum absolute atomic E-state index is 0. The minimum Gasteiger partial charge on any atom is -0.304 e. The fraction of sp³-hybridized carbons (Fsp3) is 0. The molecule has 3 heterocycles. The Morgan fingerprint density at radius 3 is 1.12 bits per heavy atom. The predicted octanol–water partition coefficient (Wildman–Crippen LogP) is 20.4. The van der Waals surface area contributed by atoms with E-state index in [1.165, 1.54) is 11.1 Å². The normalized spacial score (nSPS) is 11.0. The van der Waals surface area contributed by atoms with Gasteiger partial charge in [-0.05, 0) is 118 Å². The number of benzene rings is 11. The third kappa shape index (κ3) is 10.7. The van der Waals surface area contributed by atoms with Crippen LogP contribution in [0.3, 0.4) is 0 Å². The number of nitrogens with zero attached hydrogens (tertiary/aromatic N) is 3. The van der Waals surface area contributed by atoms with Gasteiger partial charge in [-0.25, -0.2) is 0 Å². The van der Waals surface area contributed by atoms with Gasteiger partial charge in [-0.15, -0.1) is 95.6 Å². The molecular weight excluding hydrogens is 1180 g/mol. The van der Waals surface area contributed by atoms with Gasteiger partial charge in [-0.2, -0.15) is 0 Å². The van der Waals surface area contributed by atoms with E-state index in [1.807, 2.05) is 60.9 Å². The van der Waals surface area contributed by atoms with Crippen molar-refractivity contribution in [2.45, 2.75) is 0 Å². The van der Waals surface area contributed by atoms with Gasteiger partial charge in [0.25, 0.3) is 0 Å². The van der Waals surface area contributed by atoms with Crippen molar-refractivity contribution in [2.75, 3.05) is 0 Å². The van der Waals surface area contributed by atoms with E-state index in [0.29, 0.717) is 0 Å². The second kappa shape index (κ2) is 23.5. The molecule has 0 amide bonds. The summed E-state index contributed by atoms with van der Waals surface area (Å²) in [4.78, 5) is 15.4. The Labute approximate surface area is 498 Å². The predicted molar refractivity (Wildman–Crippen MR) is 339 cm³/mol. The van der Waals surface area contributed by atoms with Gasteiger partial charge in [0, 0.05) is 29.8 Å². The van der Waals surface area contributed by atoms with Gasteiger partial charge in [-0.3, -0.25) is 4.98 Å². The molecule has 0 aliphatic carbocycles. The Kier molecular flexibility index (Phi) is 14.8. The van der Waals surface area contributed by atoms with E-state index < -0.39 is 0 Å². The largest absolute Gasteiger partial charge is 3.00 e. The van der Waals surface area contributed by atoms with Crippen LogP contribution in [0.5, 0.6) is 0 Å². The van der Waals surface area contributed by atoms with E-state index in [9.17, 15) is 0 Å². The second-order valence-corrected chi connectivity index (χ2v) is 20.4. The van der Waals surface area contributed by atoms with Crippen LogP contribution in [-0.2, 0) is 20.1 Å². The van der Waals surface area contributed by atoms with Crippen LogP contribution < -0.4 is 0 Å². The van der Waals surface area contributed by atoms with Crippen molar-refractivity contribution >= 4 is 10.8 Å². The van der Waals surface area contributed by atoms with Gasteiger partial charge < -0.3 is 9.97 Å². The molecular formula is C79H50IrN3. The zero-order valence-electron chi connectivity index (χ0n) is 45.0. The number of fused-ring (bicyclic) bond motifs is 1. The van der Waals surface area contributed by atoms with E-state index >= 15 is 0 Å². The standard InChI is InChI=1S/C79H50N3.Ir/c1-5-21-54(22-6-1)56-37-39-57(40-38-56)63-45-62(55-23-7-2-8-24-55)46-67(47-63)79-75-36-20-19-35-74(75)76(53-82-79)73-34-18-17-33-72(73)66-49-64(70-31-15-13-29-68(70)60-41-43-77(80-51-60)58-25-9-3-10-26-58)48-65(50-66)71-32-16-14-30-69(71)61-42-44-78(81-52-61)59-27-11-4-12-28-59;/h1-25,27,29-45,47-53H;/q-3;+3. The van der Waals surface area contributed by atoms with Crippen LogP contribution in [0.15, 0.2) is 304 Å². The zero-order chi connectivity index (χ0) is 54.6. The van der Waals surface area contributed by atoms with E-state index in [-0.39, 0.29) is 20.1 Å². The first kappa shape index (κ1) is 52.2. The summed E-state index contributed by atoms with van der Waals surface area (Å²) < 4.78 is 0. The van der Waals surface area contributed by atoms with Crippen LogP contribution in [0.4, 0.5) is 0 Å². The van der Waals surface area contributed by atoms with Crippen LogP contribution in [0.25, 0.3) is 145 Å².